The zero-order valence-electron chi connectivity index (χ0n) is 11.1. The largest absolute Gasteiger partial charge is 0.312 e. The summed E-state index contributed by atoms with van der Waals surface area (Å²) in [6, 6.07) is 6.65. The van der Waals surface area contributed by atoms with Crippen molar-refractivity contribution in [2.75, 3.05) is 6.54 Å². The van der Waals surface area contributed by atoms with Gasteiger partial charge in [0.1, 0.15) is 0 Å². The lowest BCUT2D eigenvalue weighted by Crippen LogP contribution is -2.12. The van der Waals surface area contributed by atoms with Gasteiger partial charge in [0, 0.05) is 16.1 Å². The van der Waals surface area contributed by atoms with E-state index in [0.29, 0.717) is 5.92 Å². The lowest BCUT2D eigenvalue weighted by atomic mass is 9.98. The molecule has 0 saturated heterocycles. The van der Waals surface area contributed by atoms with Gasteiger partial charge < -0.3 is 5.32 Å². The summed E-state index contributed by atoms with van der Waals surface area (Å²) in [6.07, 6.45) is 0. The second-order valence-electron chi connectivity index (χ2n) is 4.83. The Bertz CT molecular complexity index is 511. The predicted octanol–water partition coefficient (Wildman–Crippen LogP) is 4.44. The van der Waals surface area contributed by atoms with Gasteiger partial charge in [-0.1, -0.05) is 39.0 Å². The van der Waals surface area contributed by atoms with Gasteiger partial charge in [-0.2, -0.15) is 0 Å². The third-order valence-electron chi connectivity index (χ3n) is 3.14. The van der Waals surface area contributed by atoms with Crippen LogP contribution in [0.4, 0.5) is 0 Å². The van der Waals surface area contributed by atoms with Crippen LogP contribution in [0.2, 0.25) is 0 Å². The number of thiophene rings is 1. The summed E-state index contributed by atoms with van der Waals surface area (Å²) in [5, 5.41) is 4.91. The highest BCUT2D eigenvalue weighted by molar-refractivity contribution is 7.19. The average Bonchev–Trinajstić information content (AvgIpc) is 2.66. The first kappa shape index (κ1) is 12.6. The molecule has 1 heterocycles. The Morgan fingerprint density at radius 1 is 1.29 bits per heavy atom. The molecule has 2 heteroatoms. The third kappa shape index (κ3) is 2.38. The van der Waals surface area contributed by atoms with E-state index in [0.717, 1.165) is 13.1 Å². The van der Waals surface area contributed by atoms with Crippen molar-refractivity contribution in [1.29, 1.82) is 0 Å². The second kappa shape index (κ2) is 5.19. The summed E-state index contributed by atoms with van der Waals surface area (Å²) in [6.45, 7) is 11.0. The minimum absolute atomic E-state index is 0.596. The maximum atomic E-state index is 3.45. The monoisotopic (exact) mass is 247 g/mol. The van der Waals surface area contributed by atoms with E-state index in [1.165, 1.54) is 26.1 Å². The summed E-state index contributed by atoms with van der Waals surface area (Å²) in [7, 11) is 0. The van der Waals surface area contributed by atoms with Gasteiger partial charge in [0.05, 0.1) is 0 Å². The van der Waals surface area contributed by atoms with Gasteiger partial charge in [-0.05, 0) is 35.9 Å². The van der Waals surface area contributed by atoms with Gasteiger partial charge in [0.25, 0.3) is 0 Å². The van der Waals surface area contributed by atoms with Crippen molar-refractivity contribution in [2.45, 2.75) is 40.2 Å². The quantitative estimate of drug-likeness (QED) is 0.842. The molecular weight excluding hydrogens is 226 g/mol. The van der Waals surface area contributed by atoms with Crippen LogP contribution in [0.3, 0.4) is 0 Å². The van der Waals surface area contributed by atoms with Gasteiger partial charge in [0.2, 0.25) is 0 Å². The molecule has 0 aliphatic carbocycles. The summed E-state index contributed by atoms with van der Waals surface area (Å²) in [5.41, 5.74) is 2.94. The number of aryl methyl sites for hydroxylation is 1. The molecule has 1 aromatic heterocycles. The van der Waals surface area contributed by atoms with Crippen LogP contribution in [0.5, 0.6) is 0 Å². The van der Waals surface area contributed by atoms with Crippen LogP contribution in [0.15, 0.2) is 18.2 Å². The maximum Gasteiger partial charge on any atom is 0.0378 e. The van der Waals surface area contributed by atoms with Crippen molar-refractivity contribution in [3.63, 3.8) is 0 Å². The van der Waals surface area contributed by atoms with Crippen LogP contribution in [0, 0.1) is 6.92 Å². The zero-order chi connectivity index (χ0) is 12.4. The van der Waals surface area contributed by atoms with E-state index in [1.54, 1.807) is 0 Å². The molecule has 1 nitrogen and oxygen atoms in total. The van der Waals surface area contributed by atoms with Gasteiger partial charge in [-0.25, -0.2) is 0 Å². The summed E-state index contributed by atoms with van der Waals surface area (Å²) < 4.78 is 1.46. The predicted molar refractivity (Wildman–Crippen MR) is 78.0 cm³/mol. The van der Waals surface area contributed by atoms with Crippen LogP contribution < -0.4 is 5.32 Å². The Labute approximate surface area is 108 Å². The molecule has 92 valence electrons. The van der Waals surface area contributed by atoms with E-state index in [9.17, 15) is 0 Å². The minimum atomic E-state index is 0.596. The minimum Gasteiger partial charge on any atom is -0.312 e. The Kier molecular flexibility index (Phi) is 3.85. The van der Waals surface area contributed by atoms with E-state index >= 15 is 0 Å². The van der Waals surface area contributed by atoms with Gasteiger partial charge in [-0.15, -0.1) is 11.3 Å². The van der Waals surface area contributed by atoms with Crippen LogP contribution in [0.1, 0.15) is 42.7 Å². The lowest BCUT2D eigenvalue weighted by molar-refractivity contribution is 0.723. The molecule has 0 atom stereocenters. The van der Waals surface area contributed by atoms with Crippen LogP contribution in [0.25, 0.3) is 10.1 Å². The van der Waals surface area contributed by atoms with Crippen LogP contribution in [-0.2, 0) is 6.54 Å². The van der Waals surface area contributed by atoms with Crippen LogP contribution in [-0.4, -0.2) is 6.54 Å². The molecule has 0 radical (unpaired) electrons. The standard InChI is InChI=1S/C15H21NS/c1-5-16-9-13-14(10(2)3)12-8-6-7-11(4)15(12)17-13/h6-8,10,16H,5,9H2,1-4H3. The fourth-order valence-corrected chi connectivity index (χ4v) is 3.72. The molecule has 1 N–H and O–H groups in total. The Hall–Kier alpha value is -0.860. The number of fused-ring (bicyclic) bond motifs is 1. The lowest BCUT2D eigenvalue weighted by Gasteiger charge is -2.08. The highest BCUT2D eigenvalue weighted by Gasteiger charge is 2.15. The summed E-state index contributed by atoms with van der Waals surface area (Å²) >= 11 is 1.96. The molecule has 2 rings (SSSR count). The Morgan fingerprint density at radius 2 is 2.06 bits per heavy atom. The number of hydrogen-bond acceptors (Lipinski definition) is 2. The molecule has 0 saturated carbocycles. The molecule has 2 aromatic rings. The molecule has 0 bridgehead atoms. The molecule has 0 fully saturated rings. The van der Waals surface area contributed by atoms with Crippen molar-refractivity contribution >= 4 is 21.4 Å². The van der Waals surface area contributed by atoms with Crippen molar-refractivity contribution in [3.8, 4) is 0 Å². The van der Waals surface area contributed by atoms with E-state index < -0.39 is 0 Å². The first-order valence-corrected chi connectivity index (χ1v) is 7.18. The summed E-state index contributed by atoms with van der Waals surface area (Å²) in [5.74, 6) is 0.596. The molecule has 0 aliphatic heterocycles. The highest BCUT2D eigenvalue weighted by atomic mass is 32.1. The van der Waals surface area contributed by atoms with E-state index in [1.807, 2.05) is 11.3 Å². The smallest absolute Gasteiger partial charge is 0.0378 e. The molecule has 0 amide bonds. The normalized spacial score (nSPS) is 11.6. The van der Waals surface area contributed by atoms with Gasteiger partial charge in [0.15, 0.2) is 0 Å². The van der Waals surface area contributed by atoms with Crippen LogP contribution >= 0.6 is 11.3 Å². The van der Waals surface area contributed by atoms with Crippen molar-refractivity contribution in [2.24, 2.45) is 0 Å². The van der Waals surface area contributed by atoms with Gasteiger partial charge in [-0.3, -0.25) is 0 Å². The molecule has 1 aromatic carbocycles. The van der Waals surface area contributed by atoms with Gasteiger partial charge >= 0.3 is 0 Å². The molecule has 17 heavy (non-hydrogen) atoms. The topological polar surface area (TPSA) is 12.0 Å². The Morgan fingerprint density at radius 3 is 2.71 bits per heavy atom. The second-order valence-corrected chi connectivity index (χ2v) is 5.93. The van der Waals surface area contributed by atoms with Crippen molar-refractivity contribution < 1.29 is 0 Å². The SMILES string of the molecule is CCNCc1sc2c(C)cccc2c1C(C)C. The van der Waals surface area contributed by atoms with E-state index in [4.69, 9.17) is 0 Å². The van der Waals surface area contributed by atoms with E-state index in [-0.39, 0.29) is 0 Å². The number of rotatable bonds is 4. The molecule has 0 spiro atoms. The molecular formula is C15H21NS. The first-order chi connectivity index (χ1) is 8.15. The van der Waals surface area contributed by atoms with Crippen molar-refractivity contribution in [3.05, 3.63) is 34.2 Å². The van der Waals surface area contributed by atoms with E-state index in [2.05, 4.69) is 51.2 Å². The maximum absolute atomic E-state index is 3.45. The molecule has 0 unspecified atom stereocenters. The summed E-state index contributed by atoms with van der Waals surface area (Å²) in [4.78, 5) is 1.51. The van der Waals surface area contributed by atoms with Crippen molar-refractivity contribution in [1.82, 2.24) is 5.32 Å². The third-order valence-corrected chi connectivity index (χ3v) is 4.50. The average molecular weight is 247 g/mol. The Balaban J connectivity index is 2.58. The number of hydrogen-bond donors (Lipinski definition) is 1. The fourth-order valence-electron chi connectivity index (χ4n) is 2.33. The fraction of sp³-hybridized carbons (Fsp3) is 0.467. The zero-order valence-corrected chi connectivity index (χ0v) is 11.9. The number of nitrogens with one attached hydrogen (secondary N) is 1. The number of benzene rings is 1. The highest BCUT2D eigenvalue weighted by Crippen LogP contribution is 2.37. The first-order valence-electron chi connectivity index (χ1n) is 6.36. The molecule has 0 aliphatic rings.